The highest BCUT2D eigenvalue weighted by atomic mass is 32.2. The van der Waals surface area contributed by atoms with Gasteiger partial charge >= 0.3 is 0 Å². The molecule has 5 nitrogen and oxygen atoms in total. The molecule has 2 aromatic heterocycles. The van der Waals surface area contributed by atoms with Gasteiger partial charge in [-0.2, -0.15) is 0 Å². The molecule has 2 rings (SSSR count). The van der Waals surface area contributed by atoms with Crippen molar-refractivity contribution in [2.45, 2.75) is 51.3 Å². The van der Waals surface area contributed by atoms with Crippen molar-refractivity contribution in [1.29, 1.82) is 0 Å². The van der Waals surface area contributed by atoms with Crippen LogP contribution in [0.15, 0.2) is 27.9 Å². The van der Waals surface area contributed by atoms with Crippen LogP contribution in [0.2, 0.25) is 0 Å². The lowest BCUT2D eigenvalue weighted by Gasteiger charge is -2.22. The number of thioether (sulfide) groups is 1. The van der Waals surface area contributed by atoms with Crippen LogP contribution in [0.5, 0.6) is 0 Å². The summed E-state index contributed by atoms with van der Waals surface area (Å²) >= 11 is 1.56. The number of hydrogen-bond acceptors (Lipinski definition) is 5. The number of carbonyl (C=O) groups excluding carboxylic acids is 1. The molecule has 0 bridgehead atoms. The predicted octanol–water partition coefficient (Wildman–Crippen LogP) is 4.24. The third-order valence-corrected chi connectivity index (χ3v) is 4.84. The molecule has 130 valence electrons. The lowest BCUT2D eigenvalue weighted by atomic mass is 10.2. The van der Waals surface area contributed by atoms with Crippen LogP contribution < -0.4 is 0 Å². The molecule has 0 N–H and O–H groups in total. The Balaban J connectivity index is 2.18. The second kappa shape index (κ2) is 8.87. The summed E-state index contributed by atoms with van der Waals surface area (Å²) < 4.78 is 5.20. The zero-order valence-corrected chi connectivity index (χ0v) is 15.7. The lowest BCUT2D eigenvalue weighted by Crippen LogP contribution is -2.33. The van der Waals surface area contributed by atoms with Gasteiger partial charge in [-0.25, -0.2) is 4.98 Å². The Morgan fingerprint density at radius 3 is 2.54 bits per heavy atom. The molecule has 2 aromatic rings. The molecular formula is C18H25N3O2S. The molecule has 1 amide bonds. The van der Waals surface area contributed by atoms with Crippen molar-refractivity contribution in [2.75, 3.05) is 13.1 Å². The fraction of sp³-hybridized carbons (Fsp3) is 0.500. The second-order valence-electron chi connectivity index (χ2n) is 5.74. The first-order valence-corrected chi connectivity index (χ1v) is 9.35. The van der Waals surface area contributed by atoms with E-state index in [-0.39, 0.29) is 5.91 Å². The van der Waals surface area contributed by atoms with E-state index in [1.165, 1.54) is 0 Å². The van der Waals surface area contributed by atoms with E-state index in [1.54, 1.807) is 18.0 Å². The van der Waals surface area contributed by atoms with Crippen molar-refractivity contribution in [3.8, 4) is 0 Å². The lowest BCUT2D eigenvalue weighted by molar-refractivity contribution is 0.0751. The molecule has 0 saturated carbocycles. The average Bonchev–Trinajstić information content (AvgIpc) is 2.91. The Morgan fingerprint density at radius 1 is 1.25 bits per heavy atom. The van der Waals surface area contributed by atoms with Crippen molar-refractivity contribution in [3.63, 3.8) is 0 Å². The maximum Gasteiger partial charge on any atom is 0.256 e. The van der Waals surface area contributed by atoms with E-state index in [4.69, 9.17) is 4.52 Å². The van der Waals surface area contributed by atoms with E-state index < -0.39 is 0 Å². The SMILES string of the molecule is CCCN(CCC)C(=O)c1cccnc1SCc1c(C)noc1C. The number of aryl methyl sites for hydroxylation is 2. The largest absolute Gasteiger partial charge is 0.361 e. The number of rotatable bonds is 8. The molecule has 6 heteroatoms. The van der Waals surface area contributed by atoms with Crippen LogP contribution in [-0.2, 0) is 5.75 Å². The molecule has 0 fully saturated rings. The monoisotopic (exact) mass is 347 g/mol. The van der Waals surface area contributed by atoms with Gasteiger partial charge < -0.3 is 9.42 Å². The minimum absolute atomic E-state index is 0.0630. The Labute approximate surface area is 147 Å². The number of amides is 1. The van der Waals surface area contributed by atoms with Crippen LogP contribution in [0.3, 0.4) is 0 Å². The molecule has 0 unspecified atom stereocenters. The molecule has 0 saturated heterocycles. The Kier molecular flexibility index (Phi) is 6.85. The zero-order chi connectivity index (χ0) is 17.5. The molecule has 0 aliphatic carbocycles. The van der Waals surface area contributed by atoms with E-state index in [0.717, 1.165) is 48.0 Å². The van der Waals surface area contributed by atoms with E-state index in [0.29, 0.717) is 11.3 Å². The van der Waals surface area contributed by atoms with Crippen LogP contribution in [-0.4, -0.2) is 34.0 Å². The van der Waals surface area contributed by atoms with Gasteiger partial charge in [-0.1, -0.05) is 19.0 Å². The standard InChI is InChI=1S/C18H25N3O2S/c1-5-10-21(11-6-2)18(22)15-8-7-9-19-17(15)24-12-16-13(3)20-23-14(16)4/h7-9H,5-6,10-12H2,1-4H3. The van der Waals surface area contributed by atoms with Gasteiger partial charge in [-0.15, -0.1) is 11.8 Å². The van der Waals surface area contributed by atoms with Crippen molar-refractivity contribution in [2.24, 2.45) is 0 Å². The van der Waals surface area contributed by atoms with Crippen LogP contribution in [0.1, 0.15) is 54.1 Å². The molecular weight excluding hydrogens is 322 g/mol. The molecule has 0 radical (unpaired) electrons. The van der Waals surface area contributed by atoms with Gasteiger partial charge in [0, 0.05) is 30.6 Å². The highest BCUT2D eigenvalue weighted by molar-refractivity contribution is 7.98. The van der Waals surface area contributed by atoms with Crippen LogP contribution in [0, 0.1) is 13.8 Å². The van der Waals surface area contributed by atoms with Crippen molar-refractivity contribution >= 4 is 17.7 Å². The third-order valence-electron chi connectivity index (χ3n) is 3.81. The second-order valence-corrected chi connectivity index (χ2v) is 6.70. The van der Waals surface area contributed by atoms with Crippen LogP contribution in [0.4, 0.5) is 0 Å². The number of aromatic nitrogens is 2. The third kappa shape index (κ3) is 4.38. The maximum absolute atomic E-state index is 12.9. The topological polar surface area (TPSA) is 59.2 Å². The molecule has 0 atom stereocenters. The number of nitrogens with zero attached hydrogens (tertiary/aromatic N) is 3. The molecule has 0 aliphatic rings. The first kappa shape index (κ1) is 18.5. The maximum atomic E-state index is 12.9. The summed E-state index contributed by atoms with van der Waals surface area (Å²) in [4.78, 5) is 19.2. The first-order valence-electron chi connectivity index (χ1n) is 8.37. The Morgan fingerprint density at radius 2 is 1.96 bits per heavy atom. The minimum Gasteiger partial charge on any atom is -0.361 e. The summed E-state index contributed by atoms with van der Waals surface area (Å²) in [6.07, 6.45) is 3.64. The highest BCUT2D eigenvalue weighted by Gasteiger charge is 2.19. The summed E-state index contributed by atoms with van der Waals surface area (Å²) in [5.74, 6) is 1.58. The van der Waals surface area contributed by atoms with Crippen LogP contribution >= 0.6 is 11.8 Å². The summed E-state index contributed by atoms with van der Waals surface area (Å²) in [5, 5.41) is 4.74. The molecule has 24 heavy (non-hydrogen) atoms. The van der Waals surface area contributed by atoms with Gasteiger partial charge in [-0.05, 0) is 38.8 Å². The number of carbonyl (C=O) groups is 1. The van der Waals surface area contributed by atoms with Gasteiger partial charge in [0.1, 0.15) is 10.8 Å². The van der Waals surface area contributed by atoms with Gasteiger partial charge in [0.25, 0.3) is 5.91 Å². The van der Waals surface area contributed by atoms with Crippen molar-refractivity contribution < 1.29 is 9.32 Å². The van der Waals surface area contributed by atoms with Gasteiger partial charge in [0.15, 0.2) is 0 Å². The molecule has 0 aliphatic heterocycles. The average molecular weight is 347 g/mol. The first-order chi connectivity index (χ1) is 11.6. The van der Waals surface area contributed by atoms with Gasteiger partial charge in [0.2, 0.25) is 0 Å². The van der Waals surface area contributed by atoms with Gasteiger partial charge in [-0.3, -0.25) is 4.79 Å². The summed E-state index contributed by atoms with van der Waals surface area (Å²) in [6, 6.07) is 3.69. The smallest absolute Gasteiger partial charge is 0.256 e. The molecule has 2 heterocycles. The van der Waals surface area contributed by atoms with E-state index in [1.807, 2.05) is 30.9 Å². The minimum atomic E-state index is 0.0630. The fourth-order valence-electron chi connectivity index (χ4n) is 2.54. The highest BCUT2D eigenvalue weighted by Crippen LogP contribution is 2.27. The summed E-state index contributed by atoms with van der Waals surface area (Å²) in [7, 11) is 0. The number of hydrogen-bond donors (Lipinski definition) is 0. The summed E-state index contributed by atoms with van der Waals surface area (Å²) in [5.41, 5.74) is 2.64. The Hall–Kier alpha value is -1.82. The predicted molar refractivity (Wildman–Crippen MR) is 96.3 cm³/mol. The van der Waals surface area contributed by atoms with E-state index >= 15 is 0 Å². The van der Waals surface area contributed by atoms with Crippen molar-refractivity contribution in [1.82, 2.24) is 15.0 Å². The van der Waals surface area contributed by atoms with Crippen molar-refractivity contribution in [3.05, 3.63) is 40.9 Å². The zero-order valence-electron chi connectivity index (χ0n) is 14.8. The Bertz CT molecular complexity index is 659. The van der Waals surface area contributed by atoms with Crippen LogP contribution in [0.25, 0.3) is 0 Å². The molecule has 0 spiro atoms. The quantitative estimate of drug-likeness (QED) is 0.668. The van der Waals surface area contributed by atoms with E-state index in [2.05, 4.69) is 24.0 Å². The fourth-order valence-corrected chi connectivity index (χ4v) is 3.68. The summed E-state index contributed by atoms with van der Waals surface area (Å²) in [6.45, 7) is 9.56. The van der Waals surface area contributed by atoms with Gasteiger partial charge in [0.05, 0.1) is 11.3 Å². The normalized spacial score (nSPS) is 10.8. The van der Waals surface area contributed by atoms with E-state index in [9.17, 15) is 4.79 Å². The molecule has 0 aromatic carbocycles. The number of pyridine rings is 1.